The van der Waals surface area contributed by atoms with Crippen molar-refractivity contribution in [3.05, 3.63) is 70.8 Å². The molecule has 1 atom stereocenters. The molecule has 0 amide bonds. The molecule has 4 aromatic rings. The van der Waals surface area contributed by atoms with Gasteiger partial charge in [0.15, 0.2) is 23.3 Å². The first-order valence-corrected chi connectivity index (χ1v) is 12.8. The standard InChI is InChI=1S/C25H18ClF5N4O2S/c1-38-24-21(30)19(28)23(20(29)22(24)31)35-17-7-13-16(8-18(17)37-12-4-5-36-9-12)32-10-33-25(13)34-11-2-3-15(27)14(26)6-11/h2-3,6-8,10,12,35H,4-5,9H2,1H3,(H,32,33,34)/t12-/m0/s1. The number of nitrogens with one attached hydrogen (secondary N) is 2. The second-order valence-corrected chi connectivity index (χ2v) is 9.46. The summed E-state index contributed by atoms with van der Waals surface area (Å²) in [7, 11) is 0. The molecule has 1 fully saturated rings. The second kappa shape index (κ2) is 10.8. The van der Waals surface area contributed by atoms with E-state index in [1.165, 1.54) is 42.9 Å². The number of hydrogen-bond donors (Lipinski definition) is 2. The molecule has 1 aliphatic rings. The number of rotatable bonds is 7. The first-order chi connectivity index (χ1) is 18.3. The van der Waals surface area contributed by atoms with Crippen molar-refractivity contribution >= 4 is 57.1 Å². The topological polar surface area (TPSA) is 68.3 Å². The van der Waals surface area contributed by atoms with E-state index in [1.807, 2.05) is 0 Å². The average molecular weight is 569 g/mol. The number of benzene rings is 3. The molecule has 0 saturated carbocycles. The number of hydrogen-bond acceptors (Lipinski definition) is 7. The van der Waals surface area contributed by atoms with Gasteiger partial charge in [0, 0.05) is 23.6 Å². The van der Waals surface area contributed by atoms with Gasteiger partial charge in [-0.1, -0.05) is 11.6 Å². The molecule has 0 spiro atoms. The second-order valence-electron chi connectivity index (χ2n) is 8.23. The maximum Gasteiger partial charge on any atom is 0.186 e. The van der Waals surface area contributed by atoms with Crippen molar-refractivity contribution in [3.8, 4) is 5.75 Å². The normalized spacial score (nSPS) is 15.2. The molecule has 2 N–H and O–H groups in total. The first kappa shape index (κ1) is 26.3. The quantitative estimate of drug-likeness (QED) is 0.137. The molecular weight excluding hydrogens is 551 g/mol. The summed E-state index contributed by atoms with van der Waals surface area (Å²) in [5.41, 5.74) is -0.247. The van der Waals surface area contributed by atoms with E-state index in [9.17, 15) is 22.0 Å². The molecular formula is C25H18ClF5N4O2S. The third-order valence-electron chi connectivity index (χ3n) is 5.79. The zero-order chi connectivity index (χ0) is 27.0. The smallest absolute Gasteiger partial charge is 0.186 e. The van der Waals surface area contributed by atoms with Crippen LogP contribution in [0.15, 0.2) is 41.6 Å². The summed E-state index contributed by atoms with van der Waals surface area (Å²) in [6.07, 6.45) is 2.77. The maximum atomic E-state index is 14.9. The van der Waals surface area contributed by atoms with Crippen molar-refractivity contribution in [1.29, 1.82) is 0 Å². The summed E-state index contributed by atoms with van der Waals surface area (Å²) in [6, 6.07) is 6.88. The lowest BCUT2D eigenvalue weighted by atomic mass is 10.1. The van der Waals surface area contributed by atoms with Gasteiger partial charge < -0.3 is 20.1 Å². The number of halogens is 6. The van der Waals surface area contributed by atoms with E-state index in [0.717, 1.165) is 0 Å². The highest BCUT2D eigenvalue weighted by Crippen LogP contribution is 2.40. The molecule has 1 saturated heterocycles. The van der Waals surface area contributed by atoms with Crippen LogP contribution < -0.4 is 15.4 Å². The van der Waals surface area contributed by atoms with Gasteiger partial charge in [0.25, 0.3) is 0 Å². The van der Waals surface area contributed by atoms with Crippen LogP contribution in [0.2, 0.25) is 5.02 Å². The molecule has 38 heavy (non-hydrogen) atoms. The van der Waals surface area contributed by atoms with E-state index < -0.39 is 39.7 Å². The summed E-state index contributed by atoms with van der Waals surface area (Å²) >= 11 is 6.42. The van der Waals surface area contributed by atoms with Crippen LogP contribution in [-0.4, -0.2) is 35.5 Å². The van der Waals surface area contributed by atoms with Crippen molar-refractivity contribution in [2.24, 2.45) is 0 Å². The van der Waals surface area contributed by atoms with Gasteiger partial charge in [-0.2, -0.15) is 0 Å². The predicted molar refractivity (Wildman–Crippen MR) is 135 cm³/mol. The predicted octanol–water partition coefficient (Wildman–Crippen LogP) is 7.36. The molecule has 6 nitrogen and oxygen atoms in total. The minimum absolute atomic E-state index is 0.00658. The molecule has 0 aliphatic carbocycles. The van der Waals surface area contributed by atoms with Gasteiger partial charge in [0.05, 0.1) is 34.3 Å². The Morgan fingerprint density at radius 1 is 1.00 bits per heavy atom. The Labute approximate surface area is 222 Å². The summed E-state index contributed by atoms with van der Waals surface area (Å²) in [5.74, 6) is -6.47. The number of nitrogens with zero attached hydrogens (tertiary/aromatic N) is 2. The Kier molecular flexibility index (Phi) is 7.46. The van der Waals surface area contributed by atoms with Crippen LogP contribution in [0, 0.1) is 29.1 Å². The van der Waals surface area contributed by atoms with Gasteiger partial charge in [-0.25, -0.2) is 31.9 Å². The van der Waals surface area contributed by atoms with Crippen LogP contribution >= 0.6 is 23.4 Å². The number of fused-ring (bicyclic) bond motifs is 1. The van der Waals surface area contributed by atoms with Crippen LogP contribution in [0.25, 0.3) is 10.9 Å². The van der Waals surface area contributed by atoms with E-state index >= 15 is 0 Å². The van der Waals surface area contributed by atoms with Crippen molar-refractivity contribution in [1.82, 2.24) is 9.97 Å². The van der Waals surface area contributed by atoms with Gasteiger partial charge in [-0.05, 0) is 30.5 Å². The molecule has 5 rings (SSSR count). The Bertz CT molecular complexity index is 1510. The van der Waals surface area contributed by atoms with Crippen LogP contribution in [-0.2, 0) is 4.74 Å². The highest BCUT2D eigenvalue weighted by Gasteiger charge is 2.27. The molecule has 1 aliphatic heterocycles. The van der Waals surface area contributed by atoms with Crippen molar-refractivity contribution < 1.29 is 31.4 Å². The van der Waals surface area contributed by atoms with Crippen LogP contribution in [0.3, 0.4) is 0 Å². The molecule has 0 bridgehead atoms. The molecule has 198 valence electrons. The first-order valence-electron chi connectivity index (χ1n) is 11.2. The summed E-state index contributed by atoms with van der Waals surface area (Å²) in [6.45, 7) is 0.751. The Hall–Kier alpha value is -3.35. The Morgan fingerprint density at radius 3 is 2.42 bits per heavy atom. The van der Waals surface area contributed by atoms with Gasteiger partial charge in [0.2, 0.25) is 0 Å². The SMILES string of the molecule is CSc1c(F)c(F)c(Nc2cc3c(Nc4ccc(F)c(Cl)c4)ncnc3cc2O[C@H]2CCOC2)c(F)c1F. The zero-order valence-electron chi connectivity index (χ0n) is 19.5. The Balaban J connectivity index is 1.62. The molecule has 1 aromatic heterocycles. The van der Waals surface area contributed by atoms with Crippen LogP contribution in [0.5, 0.6) is 5.75 Å². The lowest BCUT2D eigenvalue weighted by Gasteiger charge is -2.19. The van der Waals surface area contributed by atoms with Crippen LogP contribution in [0.4, 0.5) is 44.8 Å². The average Bonchev–Trinajstić information content (AvgIpc) is 3.41. The number of ether oxygens (including phenoxy) is 2. The lowest BCUT2D eigenvalue weighted by Crippen LogP contribution is -2.17. The highest BCUT2D eigenvalue weighted by molar-refractivity contribution is 7.98. The highest BCUT2D eigenvalue weighted by atomic mass is 35.5. The van der Waals surface area contributed by atoms with Crippen LogP contribution in [0.1, 0.15) is 6.42 Å². The monoisotopic (exact) mass is 568 g/mol. The molecule has 13 heteroatoms. The van der Waals surface area contributed by atoms with E-state index in [-0.39, 0.29) is 35.0 Å². The van der Waals surface area contributed by atoms with Gasteiger partial charge in [-0.3, -0.25) is 0 Å². The van der Waals surface area contributed by atoms with E-state index in [2.05, 4.69) is 20.6 Å². The molecule has 2 heterocycles. The van der Waals surface area contributed by atoms with Crippen molar-refractivity contribution in [2.45, 2.75) is 17.4 Å². The summed E-state index contributed by atoms with van der Waals surface area (Å²) < 4.78 is 83.7. The Morgan fingerprint density at radius 2 is 1.76 bits per heavy atom. The largest absolute Gasteiger partial charge is 0.486 e. The van der Waals surface area contributed by atoms with E-state index in [1.54, 1.807) is 0 Å². The van der Waals surface area contributed by atoms with Crippen molar-refractivity contribution in [3.63, 3.8) is 0 Å². The van der Waals surface area contributed by atoms with Gasteiger partial charge in [0.1, 0.15) is 35.5 Å². The molecule has 0 radical (unpaired) electrons. The van der Waals surface area contributed by atoms with E-state index in [4.69, 9.17) is 21.1 Å². The fourth-order valence-corrected chi connectivity index (χ4v) is 4.63. The zero-order valence-corrected chi connectivity index (χ0v) is 21.1. The number of aromatic nitrogens is 2. The number of anilines is 4. The summed E-state index contributed by atoms with van der Waals surface area (Å²) in [4.78, 5) is 7.66. The van der Waals surface area contributed by atoms with Crippen molar-refractivity contribution in [2.75, 3.05) is 30.1 Å². The lowest BCUT2D eigenvalue weighted by molar-refractivity contribution is 0.142. The molecule has 0 unspecified atom stereocenters. The maximum absolute atomic E-state index is 14.9. The van der Waals surface area contributed by atoms with Gasteiger partial charge >= 0.3 is 0 Å². The minimum atomic E-state index is -1.59. The fraction of sp³-hybridized carbons (Fsp3) is 0.200. The minimum Gasteiger partial charge on any atom is -0.486 e. The summed E-state index contributed by atoms with van der Waals surface area (Å²) in [5, 5.41) is 5.69. The third kappa shape index (κ3) is 5.03. The molecule has 3 aromatic carbocycles. The van der Waals surface area contributed by atoms with Gasteiger partial charge in [-0.15, -0.1) is 11.8 Å². The fourth-order valence-electron chi connectivity index (χ4n) is 3.91. The number of thioether (sulfide) groups is 1. The van der Waals surface area contributed by atoms with E-state index in [0.29, 0.717) is 41.4 Å². The third-order valence-corrected chi connectivity index (χ3v) is 6.84.